The van der Waals surface area contributed by atoms with Crippen molar-refractivity contribution < 1.29 is 13.9 Å². The number of amides is 1. The molecule has 0 saturated carbocycles. The lowest BCUT2D eigenvalue weighted by atomic mass is 10.2. The number of ether oxygens (including phenoxy) is 1. The van der Waals surface area contributed by atoms with Crippen LogP contribution in [-0.2, 0) is 0 Å². The highest BCUT2D eigenvalue weighted by Crippen LogP contribution is 2.26. The van der Waals surface area contributed by atoms with E-state index < -0.39 is 0 Å². The Balaban J connectivity index is 1.91. The zero-order valence-corrected chi connectivity index (χ0v) is 12.2. The van der Waals surface area contributed by atoms with Gasteiger partial charge in [0.25, 0.3) is 5.91 Å². The number of H-pyrrole nitrogens is 1. The molecular weight excluding hydrogens is 283 g/mol. The van der Waals surface area contributed by atoms with Crippen molar-refractivity contribution in [2.45, 2.75) is 6.92 Å². The van der Waals surface area contributed by atoms with E-state index in [0.29, 0.717) is 28.0 Å². The molecule has 0 unspecified atom stereocenters. The lowest BCUT2D eigenvalue weighted by molar-refractivity contribution is 0.102. The van der Waals surface area contributed by atoms with E-state index in [0.717, 1.165) is 5.56 Å². The molecule has 1 aromatic heterocycles. The van der Waals surface area contributed by atoms with Crippen LogP contribution in [0.25, 0.3) is 10.9 Å². The van der Waals surface area contributed by atoms with Crippen molar-refractivity contribution >= 4 is 22.5 Å². The SMILES string of the molecule is COc1ccc(C)cc1NC(=O)c1cc2cc(F)ccc2[nH]1. The molecule has 0 radical (unpaired) electrons. The third-order valence-corrected chi connectivity index (χ3v) is 3.43. The fourth-order valence-electron chi connectivity index (χ4n) is 2.33. The van der Waals surface area contributed by atoms with Crippen molar-refractivity contribution in [1.29, 1.82) is 0 Å². The van der Waals surface area contributed by atoms with Crippen molar-refractivity contribution in [2.24, 2.45) is 0 Å². The first kappa shape index (κ1) is 14.1. The van der Waals surface area contributed by atoms with Gasteiger partial charge in [-0.2, -0.15) is 0 Å². The Bertz CT molecular complexity index is 855. The number of halogens is 1. The molecule has 0 aliphatic heterocycles. The normalized spacial score (nSPS) is 10.7. The van der Waals surface area contributed by atoms with E-state index in [9.17, 15) is 9.18 Å². The molecule has 0 spiro atoms. The monoisotopic (exact) mass is 298 g/mol. The summed E-state index contributed by atoms with van der Waals surface area (Å²) in [6, 6.07) is 11.5. The Morgan fingerprint density at radius 2 is 2.00 bits per heavy atom. The molecular formula is C17H15FN2O2. The number of fused-ring (bicyclic) bond motifs is 1. The Morgan fingerprint density at radius 1 is 1.18 bits per heavy atom. The molecule has 22 heavy (non-hydrogen) atoms. The predicted octanol–water partition coefficient (Wildman–Crippen LogP) is 3.88. The van der Waals surface area contributed by atoms with E-state index in [2.05, 4.69) is 10.3 Å². The molecule has 5 heteroatoms. The molecule has 0 saturated heterocycles. The number of rotatable bonds is 3. The number of hydrogen-bond donors (Lipinski definition) is 2. The molecule has 1 heterocycles. The fraction of sp³-hybridized carbons (Fsp3) is 0.118. The first-order valence-corrected chi connectivity index (χ1v) is 6.81. The number of carbonyl (C=O) groups is 1. The van der Waals surface area contributed by atoms with Gasteiger partial charge in [0.1, 0.15) is 17.3 Å². The zero-order valence-electron chi connectivity index (χ0n) is 12.2. The smallest absolute Gasteiger partial charge is 0.272 e. The number of aromatic amines is 1. The lowest BCUT2D eigenvalue weighted by Gasteiger charge is -2.10. The molecule has 2 aromatic carbocycles. The van der Waals surface area contributed by atoms with Crippen molar-refractivity contribution in [3.63, 3.8) is 0 Å². The Hall–Kier alpha value is -2.82. The third kappa shape index (κ3) is 2.65. The van der Waals surface area contributed by atoms with Gasteiger partial charge in [-0.05, 0) is 48.9 Å². The first-order chi connectivity index (χ1) is 10.6. The van der Waals surface area contributed by atoms with E-state index in [1.807, 2.05) is 19.1 Å². The minimum atomic E-state index is -0.334. The number of aryl methyl sites for hydroxylation is 1. The first-order valence-electron chi connectivity index (χ1n) is 6.81. The molecule has 0 aliphatic carbocycles. The summed E-state index contributed by atoms with van der Waals surface area (Å²) >= 11 is 0. The van der Waals surface area contributed by atoms with Crippen LogP contribution < -0.4 is 10.1 Å². The maximum Gasteiger partial charge on any atom is 0.272 e. The minimum Gasteiger partial charge on any atom is -0.495 e. The van der Waals surface area contributed by atoms with Crippen LogP contribution in [0.2, 0.25) is 0 Å². The van der Waals surface area contributed by atoms with Gasteiger partial charge in [-0.15, -0.1) is 0 Å². The van der Waals surface area contributed by atoms with E-state index in [1.54, 1.807) is 25.3 Å². The summed E-state index contributed by atoms with van der Waals surface area (Å²) in [7, 11) is 1.55. The highest BCUT2D eigenvalue weighted by molar-refractivity contribution is 6.06. The van der Waals surface area contributed by atoms with Crippen molar-refractivity contribution in [1.82, 2.24) is 4.98 Å². The number of carbonyl (C=O) groups excluding carboxylic acids is 1. The highest BCUT2D eigenvalue weighted by atomic mass is 19.1. The highest BCUT2D eigenvalue weighted by Gasteiger charge is 2.13. The van der Waals surface area contributed by atoms with Gasteiger partial charge in [-0.25, -0.2) is 4.39 Å². The molecule has 0 aliphatic rings. The van der Waals surface area contributed by atoms with Gasteiger partial charge in [0.05, 0.1) is 12.8 Å². The van der Waals surface area contributed by atoms with Crippen LogP contribution in [0.15, 0.2) is 42.5 Å². The number of anilines is 1. The third-order valence-electron chi connectivity index (χ3n) is 3.43. The van der Waals surface area contributed by atoms with Gasteiger partial charge in [0, 0.05) is 10.9 Å². The van der Waals surface area contributed by atoms with E-state index in [1.165, 1.54) is 12.1 Å². The van der Waals surface area contributed by atoms with Crippen molar-refractivity contribution in [3.05, 3.63) is 59.5 Å². The van der Waals surface area contributed by atoms with Gasteiger partial charge in [-0.3, -0.25) is 4.79 Å². The maximum atomic E-state index is 13.2. The van der Waals surface area contributed by atoms with E-state index in [4.69, 9.17) is 4.74 Å². The number of benzene rings is 2. The van der Waals surface area contributed by atoms with Crippen LogP contribution in [0.1, 0.15) is 16.1 Å². The van der Waals surface area contributed by atoms with Crippen LogP contribution in [0.4, 0.5) is 10.1 Å². The number of nitrogens with one attached hydrogen (secondary N) is 2. The summed E-state index contributed by atoms with van der Waals surface area (Å²) < 4.78 is 18.4. The van der Waals surface area contributed by atoms with Crippen LogP contribution in [0, 0.1) is 12.7 Å². The van der Waals surface area contributed by atoms with Crippen LogP contribution in [0.5, 0.6) is 5.75 Å². The topological polar surface area (TPSA) is 54.1 Å². The second-order valence-electron chi connectivity index (χ2n) is 5.07. The second-order valence-corrected chi connectivity index (χ2v) is 5.07. The van der Waals surface area contributed by atoms with E-state index >= 15 is 0 Å². The fourth-order valence-corrected chi connectivity index (χ4v) is 2.33. The number of aromatic nitrogens is 1. The average Bonchev–Trinajstić information content (AvgIpc) is 2.90. The summed E-state index contributed by atoms with van der Waals surface area (Å²) in [6.07, 6.45) is 0. The van der Waals surface area contributed by atoms with Crippen LogP contribution in [0.3, 0.4) is 0 Å². The number of hydrogen-bond acceptors (Lipinski definition) is 2. The van der Waals surface area contributed by atoms with Gasteiger partial charge in [-0.1, -0.05) is 6.07 Å². The van der Waals surface area contributed by atoms with Gasteiger partial charge < -0.3 is 15.0 Å². The maximum absolute atomic E-state index is 13.2. The van der Waals surface area contributed by atoms with Gasteiger partial charge >= 0.3 is 0 Å². The predicted molar refractivity (Wildman–Crippen MR) is 83.9 cm³/mol. The molecule has 3 aromatic rings. The molecule has 3 rings (SSSR count). The summed E-state index contributed by atoms with van der Waals surface area (Å²) in [6.45, 7) is 1.93. The van der Waals surface area contributed by atoms with Crippen LogP contribution >= 0.6 is 0 Å². The molecule has 4 nitrogen and oxygen atoms in total. The van der Waals surface area contributed by atoms with Gasteiger partial charge in [0.15, 0.2) is 0 Å². The molecule has 0 atom stereocenters. The van der Waals surface area contributed by atoms with Crippen LogP contribution in [-0.4, -0.2) is 18.0 Å². The minimum absolute atomic E-state index is 0.305. The Labute approximate surface area is 126 Å². The summed E-state index contributed by atoms with van der Waals surface area (Å²) in [4.78, 5) is 15.3. The summed E-state index contributed by atoms with van der Waals surface area (Å²) in [5, 5.41) is 3.46. The summed E-state index contributed by atoms with van der Waals surface area (Å²) in [5.41, 5.74) is 2.68. The molecule has 112 valence electrons. The molecule has 1 amide bonds. The Morgan fingerprint density at radius 3 is 2.77 bits per heavy atom. The quantitative estimate of drug-likeness (QED) is 0.771. The molecule has 2 N–H and O–H groups in total. The average molecular weight is 298 g/mol. The largest absolute Gasteiger partial charge is 0.495 e. The van der Waals surface area contributed by atoms with Gasteiger partial charge in [0.2, 0.25) is 0 Å². The molecule has 0 fully saturated rings. The molecule has 0 bridgehead atoms. The zero-order chi connectivity index (χ0) is 15.7. The van der Waals surface area contributed by atoms with Crippen molar-refractivity contribution in [2.75, 3.05) is 12.4 Å². The van der Waals surface area contributed by atoms with Crippen molar-refractivity contribution in [3.8, 4) is 5.75 Å². The van der Waals surface area contributed by atoms with E-state index in [-0.39, 0.29) is 11.7 Å². The Kier molecular flexibility index (Phi) is 3.55. The lowest BCUT2D eigenvalue weighted by Crippen LogP contribution is -2.13. The summed E-state index contributed by atoms with van der Waals surface area (Å²) in [5.74, 6) is -0.0552. The number of methoxy groups -OCH3 is 1. The second kappa shape index (κ2) is 5.52. The standard InChI is InChI=1S/C17H15FN2O2/c1-10-3-6-16(22-2)14(7-10)20-17(21)15-9-11-8-12(18)4-5-13(11)19-15/h3-9,19H,1-2H3,(H,20,21).